The fourth-order valence-corrected chi connectivity index (χ4v) is 7.76. The Kier molecular flexibility index (Phi) is 6.72. The molecule has 4 aromatic carbocycles. The number of rotatable bonds is 4. The van der Waals surface area contributed by atoms with E-state index in [9.17, 15) is 0 Å². The van der Waals surface area contributed by atoms with Crippen LogP contribution in [0, 0.1) is 0 Å². The van der Waals surface area contributed by atoms with Crippen LogP contribution in [-0.4, -0.2) is 0 Å². The van der Waals surface area contributed by atoms with Crippen LogP contribution in [0.5, 0.6) is 0 Å². The number of hydrogen-bond donors (Lipinski definition) is 0. The van der Waals surface area contributed by atoms with Crippen molar-refractivity contribution < 1.29 is 0 Å². The second kappa shape index (κ2) is 9.90. The maximum absolute atomic E-state index is 2.30. The molecule has 0 fully saturated rings. The topological polar surface area (TPSA) is 0 Å². The second-order valence-electron chi connectivity index (χ2n) is 8.78. The number of thiophene rings is 2. The molecule has 6 rings (SSSR count). The first-order valence-corrected chi connectivity index (χ1v) is 14.2. The van der Waals surface area contributed by atoms with Crippen molar-refractivity contribution in [2.24, 2.45) is 0 Å². The fourth-order valence-electron chi connectivity index (χ4n) is 5.16. The van der Waals surface area contributed by atoms with Gasteiger partial charge in [0.1, 0.15) is 0 Å². The van der Waals surface area contributed by atoms with Gasteiger partial charge in [0.15, 0.2) is 0 Å². The van der Waals surface area contributed by atoms with Gasteiger partial charge in [-0.25, -0.2) is 0 Å². The predicted molar refractivity (Wildman–Crippen MR) is 156 cm³/mol. The van der Waals surface area contributed by atoms with Crippen LogP contribution in [0.4, 0.5) is 0 Å². The maximum atomic E-state index is 2.30. The minimum Gasteiger partial charge on any atom is -0.135 e. The Hall–Kier alpha value is -2.68. The molecule has 0 N–H and O–H groups in total. The third-order valence-corrected chi connectivity index (χ3v) is 9.44. The summed E-state index contributed by atoms with van der Waals surface area (Å²) < 4.78 is 5.79. The molecule has 0 amide bonds. The summed E-state index contributed by atoms with van der Waals surface area (Å²) in [6.45, 7) is 8.98. The summed E-state index contributed by atoms with van der Waals surface area (Å²) in [4.78, 5) is 0. The van der Waals surface area contributed by atoms with Gasteiger partial charge in [0.05, 0.1) is 0 Å². The molecule has 0 unspecified atom stereocenters. The number of fused-ring (bicyclic) bond motifs is 6. The Morgan fingerprint density at radius 1 is 0.471 bits per heavy atom. The van der Waals surface area contributed by atoms with E-state index in [2.05, 4.69) is 100 Å². The molecule has 0 spiro atoms. The number of aryl methyl sites for hydroxylation is 4. The van der Waals surface area contributed by atoms with E-state index in [1.165, 1.54) is 57.0 Å². The highest BCUT2D eigenvalue weighted by atomic mass is 32.1. The highest BCUT2D eigenvalue weighted by Gasteiger charge is 2.11. The van der Waals surface area contributed by atoms with Crippen LogP contribution in [0.2, 0.25) is 0 Å². The van der Waals surface area contributed by atoms with Crippen LogP contribution in [0.25, 0.3) is 40.3 Å². The molecule has 6 aromatic rings. The van der Waals surface area contributed by atoms with Crippen molar-refractivity contribution in [2.75, 3.05) is 0 Å². The zero-order valence-electron chi connectivity index (χ0n) is 20.6. The highest BCUT2D eigenvalue weighted by molar-refractivity contribution is 7.26. The van der Waals surface area contributed by atoms with Crippen LogP contribution < -0.4 is 0 Å². The summed E-state index contributed by atoms with van der Waals surface area (Å²) in [5.41, 5.74) is 6.00. The minimum absolute atomic E-state index is 1.12. The molecule has 0 nitrogen and oxygen atoms in total. The fraction of sp³-hybridized carbons (Fsp3) is 0.250. The third kappa shape index (κ3) is 3.93. The van der Waals surface area contributed by atoms with E-state index in [0.29, 0.717) is 0 Å². The minimum atomic E-state index is 1.12. The first-order valence-electron chi connectivity index (χ1n) is 12.5. The van der Waals surface area contributed by atoms with E-state index in [1.54, 1.807) is 5.56 Å². The summed E-state index contributed by atoms with van der Waals surface area (Å²) in [7, 11) is 0. The zero-order chi connectivity index (χ0) is 23.7. The predicted octanol–water partition coefficient (Wildman–Crippen LogP) is 10.4. The summed E-state index contributed by atoms with van der Waals surface area (Å²) in [6.07, 6.45) is 4.49. The van der Waals surface area contributed by atoms with Gasteiger partial charge in [-0.2, -0.15) is 0 Å². The van der Waals surface area contributed by atoms with Gasteiger partial charge >= 0.3 is 0 Å². The molecule has 2 heteroatoms. The molecule has 2 heterocycles. The molecular weight excluding hydrogens is 448 g/mol. The Bertz CT molecular complexity index is 1540. The summed E-state index contributed by atoms with van der Waals surface area (Å²) in [6, 6.07) is 26.7. The van der Waals surface area contributed by atoms with E-state index in [1.807, 2.05) is 22.7 Å². The van der Waals surface area contributed by atoms with Crippen molar-refractivity contribution >= 4 is 63.0 Å². The smallest absolute Gasteiger partial charge is 0.0387 e. The summed E-state index contributed by atoms with van der Waals surface area (Å²) >= 11 is 3.87. The van der Waals surface area contributed by atoms with E-state index in [4.69, 9.17) is 0 Å². The quantitative estimate of drug-likeness (QED) is 0.235. The van der Waals surface area contributed by atoms with Crippen molar-refractivity contribution in [2.45, 2.75) is 53.4 Å². The van der Waals surface area contributed by atoms with Crippen LogP contribution in [-0.2, 0) is 25.7 Å². The van der Waals surface area contributed by atoms with E-state index in [0.717, 1.165) is 25.7 Å². The Morgan fingerprint density at radius 2 is 1.06 bits per heavy atom. The Labute approximate surface area is 210 Å². The lowest BCUT2D eigenvalue weighted by Gasteiger charge is -2.07. The van der Waals surface area contributed by atoms with Gasteiger partial charge in [-0.05, 0) is 60.1 Å². The van der Waals surface area contributed by atoms with Gasteiger partial charge in [0, 0.05) is 40.3 Å². The van der Waals surface area contributed by atoms with Crippen LogP contribution in [0.3, 0.4) is 0 Å². The molecule has 0 bridgehead atoms. The molecule has 0 aliphatic rings. The maximum Gasteiger partial charge on any atom is 0.0387 e. The van der Waals surface area contributed by atoms with Crippen molar-refractivity contribution in [3.05, 3.63) is 95.1 Å². The molecule has 0 atom stereocenters. The summed E-state index contributed by atoms with van der Waals surface area (Å²) in [5.74, 6) is 0. The number of benzene rings is 4. The van der Waals surface area contributed by atoms with Gasteiger partial charge in [-0.15, -0.1) is 22.7 Å². The van der Waals surface area contributed by atoms with E-state index >= 15 is 0 Å². The summed E-state index contributed by atoms with van der Waals surface area (Å²) in [5, 5.41) is 5.78. The normalized spacial score (nSPS) is 11.4. The lowest BCUT2D eigenvalue weighted by molar-refractivity contribution is 1.05. The number of hydrogen-bond acceptors (Lipinski definition) is 2. The van der Waals surface area contributed by atoms with E-state index in [-0.39, 0.29) is 0 Å². The SMILES string of the molecule is CCc1ccc2sc3ccccc3c2c1CC.CCc1cccc2c1sc1c(CC)cccc12. The highest BCUT2D eigenvalue weighted by Crippen LogP contribution is 2.38. The largest absolute Gasteiger partial charge is 0.135 e. The van der Waals surface area contributed by atoms with Crippen molar-refractivity contribution in [3.8, 4) is 0 Å². The Morgan fingerprint density at radius 3 is 1.65 bits per heavy atom. The molecule has 34 heavy (non-hydrogen) atoms. The molecular formula is C32H32S2. The zero-order valence-corrected chi connectivity index (χ0v) is 22.2. The van der Waals surface area contributed by atoms with Crippen molar-refractivity contribution in [1.29, 1.82) is 0 Å². The van der Waals surface area contributed by atoms with Gasteiger partial charge in [0.2, 0.25) is 0 Å². The molecule has 172 valence electrons. The van der Waals surface area contributed by atoms with Crippen molar-refractivity contribution in [1.82, 2.24) is 0 Å². The molecule has 0 saturated carbocycles. The first kappa shape index (κ1) is 23.1. The van der Waals surface area contributed by atoms with Crippen molar-refractivity contribution in [3.63, 3.8) is 0 Å². The average Bonchev–Trinajstić information content (AvgIpc) is 3.46. The second-order valence-corrected chi connectivity index (χ2v) is 10.9. The van der Waals surface area contributed by atoms with Crippen LogP contribution in [0.15, 0.2) is 72.8 Å². The van der Waals surface area contributed by atoms with Gasteiger partial charge in [-0.3, -0.25) is 0 Å². The lowest BCUT2D eigenvalue weighted by atomic mass is 9.97. The van der Waals surface area contributed by atoms with Crippen LogP contribution in [0.1, 0.15) is 49.9 Å². The lowest BCUT2D eigenvalue weighted by Crippen LogP contribution is -1.91. The molecule has 0 saturated heterocycles. The Balaban J connectivity index is 0.000000142. The molecule has 0 aliphatic heterocycles. The van der Waals surface area contributed by atoms with Gasteiger partial charge < -0.3 is 0 Å². The molecule has 0 radical (unpaired) electrons. The van der Waals surface area contributed by atoms with Gasteiger partial charge in [-0.1, -0.05) is 88.4 Å². The van der Waals surface area contributed by atoms with E-state index < -0.39 is 0 Å². The first-order chi connectivity index (χ1) is 16.7. The third-order valence-electron chi connectivity index (χ3n) is 6.93. The van der Waals surface area contributed by atoms with Crippen LogP contribution >= 0.6 is 22.7 Å². The molecule has 0 aliphatic carbocycles. The standard InChI is InChI=1S/2C16H16S/c1-3-11-7-5-9-13-14-10-6-8-12(4-2)16(14)17-15(11)13;1-3-11-9-10-15-16(12(11)4-2)13-7-5-6-8-14(13)17-15/h2*5-10H,3-4H2,1-2H3. The monoisotopic (exact) mass is 480 g/mol. The average molecular weight is 481 g/mol. The molecule has 2 aromatic heterocycles. The van der Waals surface area contributed by atoms with Gasteiger partial charge in [0.25, 0.3) is 0 Å².